The van der Waals surface area contributed by atoms with Crippen LogP contribution in [0.1, 0.15) is 19.8 Å². The molecule has 53 valence electrons. The summed E-state index contributed by atoms with van der Waals surface area (Å²) in [5.41, 5.74) is 0. The summed E-state index contributed by atoms with van der Waals surface area (Å²) < 4.78 is 1.43. The van der Waals surface area contributed by atoms with E-state index in [0.29, 0.717) is 0 Å². The molecule has 3 radical (unpaired) electrons. The fourth-order valence-electron chi connectivity index (χ4n) is 0.177. The average Bonchev–Trinajstić information content (AvgIpc) is 1.41. The molecule has 3 nitrogen and oxygen atoms in total. The van der Waals surface area contributed by atoms with Crippen molar-refractivity contribution >= 4 is 22.5 Å². The van der Waals surface area contributed by atoms with Crippen molar-refractivity contribution in [1.82, 2.24) is 0 Å². The van der Waals surface area contributed by atoms with Crippen molar-refractivity contribution in [3.63, 3.8) is 0 Å². The number of hydrogen-bond donors (Lipinski definition) is 0. The van der Waals surface area contributed by atoms with Crippen LogP contribution in [0.2, 0.25) is 4.44 Å². The van der Waals surface area contributed by atoms with Crippen molar-refractivity contribution < 1.29 is 16.4 Å². The summed E-state index contributed by atoms with van der Waals surface area (Å²) in [4.78, 5) is 0. The van der Waals surface area contributed by atoms with Gasteiger partial charge in [0.25, 0.3) is 0 Å². The van der Waals surface area contributed by atoms with E-state index in [9.17, 15) is 0 Å². The molecule has 0 aromatic rings. The van der Waals surface area contributed by atoms with Gasteiger partial charge in [0.1, 0.15) is 0 Å². The third-order valence-corrected chi connectivity index (χ3v) is 1.54. The first-order chi connectivity index (χ1) is 2.41. The molecule has 0 bridgehead atoms. The Hall–Kier alpha value is 0.679. The Morgan fingerprint density at radius 3 is 1.62 bits per heavy atom. The molecule has 0 atom stereocenters. The zero-order chi connectivity index (χ0) is 4.12. The summed E-state index contributed by atoms with van der Waals surface area (Å²) in [6.07, 6.45) is 2.80. The van der Waals surface area contributed by atoms with Gasteiger partial charge >= 0.3 is 46.7 Å². The average molecular weight is 228 g/mol. The Morgan fingerprint density at radius 2 is 1.62 bits per heavy atom. The Morgan fingerprint density at radius 1 is 1.25 bits per heavy atom. The Labute approximate surface area is 63.5 Å². The molecule has 0 aliphatic carbocycles. The molecule has 0 aromatic heterocycles. The number of rotatable bonds is 2. The van der Waals surface area contributed by atoms with E-state index in [1.54, 1.807) is 22.5 Å². The topological polar surface area (TPSA) is 91.5 Å². The Kier molecular flexibility index (Phi) is 74.0. The second-order valence-electron chi connectivity index (χ2n) is 1.10. The van der Waals surface area contributed by atoms with Crippen LogP contribution in [0.4, 0.5) is 0 Å². The van der Waals surface area contributed by atoms with Crippen molar-refractivity contribution in [2.75, 3.05) is 0 Å². The molecule has 4 heteroatoms. The monoisotopic (exact) mass is 229 g/mol. The minimum absolute atomic E-state index is 0. The zero-order valence-corrected chi connectivity index (χ0v) is 7.87. The van der Waals surface area contributed by atoms with E-state index in [2.05, 4.69) is 6.92 Å². The molecule has 0 aromatic carbocycles. The minimum atomic E-state index is 0. The van der Waals surface area contributed by atoms with Crippen molar-refractivity contribution in [1.29, 1.82) is 0 Å². The van der Waals surface area contributed by atoms with Gasteiger partial charge in [-0.05, 0) is 0 Å². The molecule has 0 unspecified atom stereocenters. The first kappa shape index (κ1) is 23.4. The maximum absolute atomic E-state index is 2.23. The summed E-state index contributed by atoms with van der Waals surface area (Å²) in [7, 11) is 0. The van der Waals surface area contributed by atoms with Crippen LogP contribution in [0.3, 0.4) is 0 Å². The van der Waals surface area contributed by atoms with Gasteiger partial charge in [-0.2, -0.15) is 0 Å². The van der Waals surface area contributed by atoms with Gasteiger partial charge in [0.05, 0.1) is 0 Å². The first-order valence-corrected chi connectivity index (χ1v) is 4.08. The normalized spacial score (nSPS) is 5.25. The van der Waals surface area contributed by atoms with Crippen molar-refractivity contribution in [2.24, 2.45) is 0 Å². The molecule has 0 rings (SSSR count). The van der Waals surface area contributed by atoms with Crippen LogP contribution in [0, 0.1) is 0 Å². The molecule has 4 N–H and O–H groups in total. The predicted molar refractivity (Wildman–Crippen MR) is 33.0 cm³/mol. The molecule has 0 amide bonds. The van der Waals surface area contributed by atoms with Gasteiger partial charge in [-0.15, -0.1) is 0 Å². The summed E-state index contributed by atoms with van der Waals surface area (Å²) in [6.45, 7) is 2.23. The number of hydrogen-bond acceptors (Lipinski definition) is 2. The standard InChI is InChI=1S/C4H9.3H2O.Sn/c1-3-4-2;;;;/h1,3-4H2,2H3;3*1H2;/p-2. The van der Waals surface area contributed by atoms with Crippen LogP contribution in [0.25, 0.3) is 0 Å². The predicted octanol–water partition coefficient (Wildman–Crippen LogP) is 0.195. The van der Waals surface area contributed by atoms with Crippen molar-refractivity contribution in [3.05, 3.63) is 0 Å². The van der Waals surface area contributed by atoms with Gasteiger partial charge in [-0.3, -0.25) is 0 Å². The largest absolute Gasteiger partial charge is 0.870 e. The molecule has 0 saturated carbocycles. The molecule has 0 saturated heterocycles. The van der Waals surface area contributed by atoms with Gasteiger partial charge in [0.2, 0.25) is 0 Å². The van der Waals surface area contributed by atoms with E-state index < -0.39 is 0 Å². The number of unbranched alkanes of at least 4 members (excludes halogenated alkanes) is 1. The second kappa shape index (κ2) is 25.3. The first-order valence-electron chi connectivity index (χ1n) is 2.06. The summed E-state index contributed by atoms with van der Waals surface area (Å²) in [5, 5.41) is 0. The quantitative estimate of drug-likeness (QED) is 0.631. The molecular weight excluding hydrogens is 215 g/mol. The third kappa shape index (κ3) is 30.0. The smallest absolute Gasteiger partial charge is 0.412 e. The SMILES string of the molecule is CCC[CH2][Sn].O.[OH-].[OH-]. The van der Waals surface area contributed by atoms with Gasteiger partial charge < -0.3 is 16.4 Å². The Balaban J connectivity index is -0.0000000267. The fourth-order valence-corrected chi connectivity index (χ4v) is 1.19. The van der Waals surface area contributed by atoms with Gasteiger partial charge in [0.15, 0.2) is 0 Å². The third-order valence-electron chi connectivity index (χ3n) is 0.530. The molecule has 0 fully saturated rings. The molecular formula is C4H13O3Sn-2. The minimum Gasteiger partial charge on any atom is -0.870 e. The fraction of sp³-hybridized carbons (Fsp3) is 1.00. The van der Waals surface area contributed by atoms with E-state index in [1.807, 2.05) is 0 Å². The van der Waals surface area contributed by atoms with Crippen LogP contribution < -0.4 is 0 Å². The van der Waals surface area contributed by atoms with E-state index in [-0.39, 0.29) is 16.4 Å². The zero-order valence-electron chi connectivity index (χ0n) is 5.02. The van der Waals surface area contributed by atoms with Crippen LogP contribution in [-0.2, 0) is 0 Å². The van der Waals surface area contributed by atoms with Crippen molar-refractivity contribution in [2.45, 2.75) is 24.2 Å². The van der Waals surface area contributed by atoms with E-state index in [4.69, 9.17) is 0 Å². The Bertz CT molecular complexity index is 18.8. The molecule has 8 heavy (non-hydrogen) atoms. The van der Waals surface area contributed by atoms with Crippen LogP contribution in [-0.4, -0.2) is 39.0 Å². The van der Waals surface area contributed by atoms with Gasteiger partial charge in [0, 0.05) is 0 Å². The van der Waals surface area contributed by atoms with Crippen LogP contribution in [0.5, 0.6) is 0 Å². The molecule has 0 aliphatic heterocycles. The van der Waals surface area contributed by atoms with E-state index >= 15 is 0 Å². The maximum atomic E-state index is 2.23. The second-order valence-corrected chi connectivity index (χ2v) is 2.53. The van der Waals surface area contributed by atoms with E-state index in [1.165, 1.54) is 17.3 Å². The maximum Gasteiger partial charge on any atom is -0.412 e. The summed E-state index contributed by atoms with van der Waals surface area (Å²) in [5.74, 6) is 0. The molecule has 0 heterocycles. The summed E-state index contributed by atoms with van der Waals surface area (Å²) in [6, 6.07) is 0. The molecule has 0 aliphatic rings. The van der Waals surface area contributed by atoms with Crippen LogP contribution >= 0.6 is 0 Å². The molecule has 0 spiro atoms. The van der Waals surface area contributed by atoms with Crippen molar-refractivity contribution in [3.8, 4) is 0 Å². The van der Waals surface area contributed by atoms with Gasteiger partial charge in [-0.25, -0.2) is 0 Å². The van der Waals surface area contributed by atoms with Crippen LogP contribution in [0.15, 0.2) is 0 Å². The van der Waals surface area contributed by atoms with Gasteiger partial charge in [-0.1, -0.05) is 0 Å². The van der Waals surface area contributed by atoms with E-state index in [0.717, 1.165) is 0 Å². The summed E-state index contributed by atoms with van der Waals surface area (Å²) >= 11 is 1.68.